The molecule has 4 N–H and O–H groups in total. The number of carboxylic acids is 2. The van der Waals surface area contributed by atoms with Gasteiger partial charge in [0.25, 0.3) is 0 Å². The Morgan fingerprint density at radius 1 is 0.636 bits per heavy atom. The molecule has 0 rings (SSSR count). The number of primary amides is 2. The number of carbonyl (C=O) groups excluding carboxylic acids is 4. The van der Waals surface area contributed by atoms with Crippen LogP contribution in [0.15, 0.2) is 50.6 Å². The maximum Gasteiger partial charge on any atom is 1.00 e. The van der Waals surface area contributed by atoms with Crippen molar-refractivity contribution in [3.8, 4) is 0 Å². The van der Waals surface area contributed by atoms with Gasteiger partial charge in [0.1, 0.15) is 0 Å². The van der Waals surface area contributed by atoms with E-state index in [4.69, 9.17) is 19.8 Å². The number of carbonyl (C=O) groups is 4. The van der Waals surface area contributed by atoms with Crippen LogP contribution in [0.4, 0.5) is 0 Å². The first-order chi connectivity index (χ1) is 9.08. The maximum absolute atomic E-state index is 9.47. The average Bonchev–Trinajstić information content (AvgIpc) is 2.40. The second-order valence-corrected chi connectivity index (χ2v) is 2.26. The predicted octanol–water partition coefficient (Wildman–Crippen LogP) is -8.83. The molecule has 0 aliphatic carbocycles. The van der Waals surface area contributed by atoms with Crippen LogP contribution >= 0.6 is 0 Å². The predicted molar refractivity (Wildman–Crippen MR) is 69.2 cm³/mol. The molecule has 0 spiro atoms. The van der Waals surface area contributed by atoms with Gasteiger partial charge in [0.2, 0.25) is 11.8 Å². The summed E-state index contributed by atoms with van der Waals surface area (Å²) in [7, 11) is 0. The molecule has 2 amide bonds. The van der Waals surface area contributed by atoms with E-state index in [1.54, 1.807) is 0 Å². The van der Waals surface area contributed by atoms with E-state index in [0.717, 1.165) is 24.3 Å². The van der Waals surface area contributed by atoms with Crippen molar-refractivity contribution in [1.82, 2.24) is 0 Å². The third-order valence-corrected chi connectivity index (χ3v) is 0.736. The molecule has 0 aliphatic heterocycles. The summed E-state index contributed by atoms with van der Waals surface area (Å²) in [4.78, 5) is 37.2. The number of amides is 2. The summed E-state index contributed by atoms with van der Waals surface area (Å²) in [6.45, 7) is 12.0. The van der Waals surface area contributed by atoms with Gasteiger partial charge in [0, 0.05) is 0 Å². The zero-order chi connectivity index (χ0) is 17.1. The Labute approximate surface area is 173 Å². The zero-order valence-corrected chi connectivity index (χ0v) is 16.7. The van der Waals surface area contributed by atoms with Gasteiger partial charge in [-0.25, -0.2) is 0 Å². The van der Waals surface area contributed by atoms with E-state index in [-0.39, 0.29) is 59.1 Å². The van der Waals surface area contributed by atoms with E-state index in [1.165, 1.54) is 0 Å². The second-order valence-electron chi connectivity index (χ2n) is 2.26. The number of nitrogens with two attached hydrogens (primary N) is 2. The van der Waals surface area contributed by atoms with Crippen molar-refractivity contribution >= 4 is 23.8 Å². The first kappa shape index (κ1) is 37.2. The number of carboxylic acid groups (broad SMARTS) is 2. The van der Waals surface area contributed by atoms with Crippen LogP contribution in [-0.2, 0) is 19.2 Å². The van der Waals surface area contributed by atoms with Gasteiger partial charge in [0.15, 0.2) is 0 Å². The van der Waals surface area contributed by atoms with E-state index in [0.29, 0.717) is 0 Å². The molecule has 0 saturated heterocycles. The minimum absolute atomic E-state index is 0. The number of aliphatic carboxylic acids is 2. The smallest absolute Gasteiger partial charge is 0.545 e. The van der Waals surface area contributed by atoms with Crippen molar-refractivity contribution in [2.45, 2.75) is 0 Å². The van der Waals surface area contributed by atoms with E-state index >= 15 is 0 Å². The van der Waals surface area contributed by atoms with Crippen LogP contribution in [0.3, 0.4) is 0 Å². The minimum atomic E-state index is -1.23. The van der Waals surface area contributed by atoms with Crippen LogP contribution in [-0.4, -0.2) is 23.8 Å². The molecule has 22 heavy (non-hydrogen) atoms. The van der Waals surface area contributed by atoms with Crippen LogP contribution in [0.2, 0.25) is 0 Å². The van der Waals surface area contributed by atoms with Gasteiger partial charge >= 0.3 is 59.1 Å². The first-order valence-electron chi connectivity index (χ1n) is 4.59. The third-order valence-electron chi connectivity index (χ3n) is 0.736. The van der Waals surface area contributed by atoms with E-state index in [1.807, 2.05) is 0 Å². The molecule has 0 fully saturated rings. The van der Waals surface area contributed by atoms with Crippen LogP contribution in [0.25, 0.3) is 0 Å². The van der Waals surface area contributed by atoms with Crippen molar-refractivity contribution in [2.24, 2.45) is 11.5 Å². The molecule has 0 radical (unpaired) electrons. The summed E-state index contributed by atoms with van der Waals surface area (Å²) in [5.41, 5.74) is 9.07. The molecule has 112 valence electrons. The summed E-state index contributed by atoms with van der Waals surface area (Å²) < 4.78 is 0. The summed E-state index contributed by atoms with van der Waals surface area (Å²) in [6.07, 6.45) is 3.56. The molecule has 0 aromatic carbocycles. The largest absolute Gasteiger partial charge is 1.00 e. The van der Waals surface area contributed by atoms with Gasteiger partial charge in [-0.1, -0.05) is 26.3 Å². The van der Waals surface area contributed by atoms with Crippen molar-refractivity contribution in [3.05, 3.63) is 50.6 Å². The Morgan fingerprint density at radius 3 is 0.727 bits per heavy atom. The fourth-order valence-electron chi connectivity index (χ4n) is 0. The number of rotatable bonds is 4. The average molecular weight is 330 g/mol. The van der Waals surface area contributed by atoms with Crippen LogP contribution in [0.1, 0.15) is 0 Å². The molecule has 0 aromatic heterocycles. The molecule has 0 aliphatic rings. The molecular formula is C12H16N2Na2O6. The topological polar surface area (TPSA) is 166 Å². The van der Waals surface area contributed by atoms with Crippen LogP contribution in [0.5, 0.6) is 0 Å². The number of hydrogen-bond acceptors (Lipinski definition) is 6. The monoisotopic (exact) mass is 330 g/mol. The molecule has 0 saturated carbocycles. The Kier molecular flexibility index (Phi) is 54.1. The first-order valence-corrected chi connectivity index (χ1v) is 4.59. The van der Waals surface area contributed by atoms with Gasteiger partial charge < -0.3 is 31.3 Å². The van der Waals surface area contributed by atoms with Crippen molar-refractivity contribution in [1.29, 1.82) is 0 Å². The minimum Gasteiger partial charge on any atom is -0.545 e. The Hall–Kier alpha value is -1.16. The molecule has 10 heteroatoms. The Morgan fingerprint density at radius 2 is 0.727 bits per heavy atom. The summed E-state index contributed by atoms with van der Waals surface area (Å²) in [6, 6.07) is 0. The SMILES string of the molecule is C=CC(=O)[O-].C=CC(=O)[O-].C=CC(N)=O.C=CC(N)=O.[Na+].[Na+]. The fraction of sp³-hybridized carbons (Fsp3) is 0. The molecule has 8 nitrogen and oxygen atoms in total. The van der Waals surface area contributed by atoms with E-state index < -0.39 is 23.8 Å². The molecule has 0 bridgehead atoms. The molecule has 0 aromatic rings. The van der Waals surface area contributed by atoms with Crippen LogP contribution < -0.4 is 80.8 Å². The summed E-state index contributed by atoms with van der Waals surface area (Å²) >= 11 is 0. The van der Waals surface area contributed by atoms with Crippen molar-refractivity contribution in [2.75, 3.05) is 0 Å². The van der Waals surface area contributed by atoms with Crippen LogP contribution in [0, 0.1) is 0 Å². The van der Waals surface area contributed by atoms with Gasteiger partial charge in [0.05, 0.1) is 11.9 Å². The standard InChI is InChI=1S/2C3H5NO.2C3H4O2.2Na/c4*1-2-3(4)5;;/h2*2H,1H2,(H2,4,5);2*2H,1H2,(H,4,5);;/q;;;;2*+1/p-2. The Bertz CT molecular complexity index is 312. The Balaban J connectivity index is -0.0000000376. The van der Waals surface area contributed by atoms with Gasteiger partial charge in [-0.2, -0.15) is 0 Å². The fourth-order valence-corrected chi connectivity index (χ4v) is 0. The van der Waals surface area contributed by atoms with E-state index in [9.17, 15) is 9.59 Å². The van der Waals surface area contributed by atoms with Gasteiger partial charge in [-0.15, -0.1) is 0 Å². The van der Waals surface area contributed by atoms with Gasteiger partial charge in [-0.3, -0.25) is 9.59 Å². The third kappa shape index (κ3) is 128. The van der Waals surface area contributed by atoms with Crippen molar-refractivity contribution in [3.63, 3.8) is 0 Å². The van der Waals surface area contributed by atoms with E-state index in [2.05, 4.69) is 37.8 Å². The summed E-state index contributed by atoms with van der Waals surface area (Å²) in [5, 5.41) is 18.3. The molecular weight excluding hydrogens is 314 g/mol. The van der Waals surface area contributed by atoms with Crippen molar-refractivity contribution < 1.29 is 88.5 Å². The maximum atomic E-state index is 9.47. The molecule has 0 unspecified atom stereocenters. The zero-order valence-electron chi connectivity index (χ0n) is 12.7. The molecule has 0 atom stereocenters. The molecule has 0 heterocycles. The van der Waals surface area contributed by atoms with Gasteiger partial charge in [-0.05, 0) is 24.3 Å². The number of hydrogen-bond donors (Lipinski definition) is 2. The summed E-state index contributed by atoms with van der Waals surface area (Å²) in [5.74, 6) is -3.43. The normalized spacial score (nSPS) is 5.82. The quantitative estimate of drug-likeness (QED) is 0.383. The second kappa shape index (κ2) is 32.0.